The molecule has 3 N–H and O–H groups in total. The Kier molecular flexibility index (Phi) is 4.76. The van der Waals surface area contributed by atoms with Gasteiger partial charge in [0.25, 0.3) is 0 Å². The van der Waals surface area contributed by atoms with Gasteiger partial charge < -0.3 is 15.7 Å². The van der Waals surface area contributed by atoms with Crippen LogP contribution in [0.5, 0.6) is 0 Å². The average molecular weight is 313 g/mol. The minimum absolute atomic E-state index is 0.0875. The van der Waals surface area contributed by atoms with E-state index in [2.05, 4.69) is 4.98 Å². The van der Waals surface area contributed by atoms with Gasteiger partial charge in [-0.15, -0.1) is 0 Å². The first-order chi connectivity index (χ1) is 11.2. The third-order valence-electron chi connectivity index (χ3n) is 4.55. The highest BCUT2D eigenvalue weighted by molar-refractivity contribution is 5.89. The molecule has 1 atom stereocenters. The number of fused-ring (bicyclic) bond motifs is 1. The van der Waals surface area contributed by atoms with Gasteiger partial charge in [-0.05, 0) is 37.8 Å². The maximum Gasteiger partial charge on any atom is 0.228 e. The molecule has 1 aromatic carbocycles. The van der Waals surface area contributed by atoms with E-state index in [0.29, 0.717) is 12.1 Å². The van der Waals surface area contributed by atoms with Gasteiger partial charge in [0.1, 0.15) is 0 Å². The zero-order valence-corrected chi connectivity index (χ0v) is 13.2. The number of nitrogens with zero attached hydrogens (tertiary/aromatic N) is 2. The Hall–Kier alpha value is -2.14. The fourth-order valence-electron chi connectivity index (χ4n) is 3.34. The van der Waals surface area contributed by atoms with Gasteiger partial charge in [0.15, 0.2) is 0 Å². The summed E-state index contributed by atoms with van der Waals surface area (Å²) in [5.41, 5.74) is 8.10. The lowest BCUT2D eigenvalue weighted by molar-refractivity contribution is -0.134. The van der Waals surface area contributed by atoms with E-state index in [1.807, 2.05) is 35.2 Å². The van der Waals surface area contributed by atoms with E-state index in [0.717, 1.165) is 42.4 Å². The van der Waals surface area contributed by atoms with Gasteiger partial charge in [0.2, 0.25) is 5.91 Å². The molecule has 0 aliphatic carbocycles. The van der Waals surface area contributed by atoms with Gasteiger partial charge in [-0.1, -0.05) is 18.2 Å². The minimum atomic E-state index is 0.0875. The number of likely N-dealkylation sites (tertiary alicyclic amines) is 1. The lowest BCUT2D eigenvalue weighted by Crippen LogP contribution is -2.44. The van der Waals surface area contributed by atoms with Crippen molar-refractivity contribution in [1.29, 1.82) is 0 Å². The number of carbonyl (C=O) groups is 1. The molecule has 2 aromatic rings. The quantitative estimate of drug-likeness (QED) is 0.847. The molecule has 5 nitrogen and oxygen atoms in total. The van der Waals surface area contributed by atoms with Crippen LogP contribution in [-0.4, -0.2) is 40.1 Å². The van der Waals surface area contributed by atoms with E-state index in [9.17, 15) is 9.90 Å². The van der Waals surface area contributed by atoms with Crippen LogP contribution in [0.3, 0.4) is 0 Å². The van der Waals surface area contributed by atoms with Crippen LogP contribution in [0.1, 0.15) is 31.4 Å². The summed E-state index contributed by atoms with van der Waals surface area (Å²) >= 11 is 0. The van der Waals surface area contributed by atoms with Crippen LogP contribution >= 0.6 is 0 Å². The molecule has 23 heavy (non-hydrogen) atoms. The van der Waals surface area contributed by atoms with E-state index in [-0.39, 0.29) is 25.0 Å². The maximum absolute atomic E-state index is 12.6. The van der Waals surface area contributed by atoms with E-state index < -0.39 is 0 Å². The summed E-state index contributed by atoms with van der Waals surface area (Å²) in [5.74, 6) is 0.0875. The van der Waals surface area contributed by atoms with Crippen molar-refractivity contribution in [2.24, 2.45) is 0 Å². The molecule has 1 saturated heterocycles. The number of aromatic nitrogens is 1. The monoisotopic (exact) mass is 313 g/mol. The molecule has 1 amide bonds. The van der Waals surface area contributed by atoms with Gasteiger partial charge in [-0.3, -0.25) is 9.78 Å². The predicted molar refractivity (Wildman–Crippen MR) is 90.9 cm³/mol. The number of rotatable bonds is 4. The Labute approximate surface area is 136 Å². The highest BCUT2D eigenvalue weighted by Crippen LogP contribution is 2.22. The summed E-state index contributed by atoms with van der Waals surface area (Å²) in [6.45, 7) is 0.901. The number of hydrogen-bond acceptors (Lipinski definition) is 4. The fraction of sp³-hybridized carbons (Fsp3) is 0.444. The Morgan fingerprint density at radius 2 is 2.17 bits per heavy atom. The van der Waals surface area contributed by atoms with Crippen molar-refractivity contribution in [2.75, 3.05) is 18.9 Å². The van der Waals surface area contributed by atoms with Crippen molar-refractivity contribution in [3.8, 4) is 0 Å². The summed E-state index contributed by atoms with van der Waals surface area (Å²) in [4.78, 5) is 19.1. The van der Waals surface area contributed by atoms with E-state index in [1.165, 1.54) is 0 Å². The molecular formula is C18H23N3O2. The lowest BCUT2D eigenvalue weighted by atomic mass is 9.99. The fourth-order valence-corrected chi connectivity index (χ4v) is 3.34. The number of hydrogen-bond donors (Lipinski definition) is 2. The zero-order valence-electron chi connectivity index (χ0n) is 13.2. The number of nitrogen functional groups attached to an aromatic ring is 1. The van der Waals surface area contributed by atoms with Crippen LogP contribution < -0.4 is 5.73 Å². The summed E-state index contributed by atoms with van der Waals surface area (Å²) < 4.78 is 0. The standard InChI is InChI=1S/C18H23N3O2/c19-16-6-3-4-13-7-8-14(20-18(13)16)12-17(23)21-10-2-1-5-15(21)9-11-22/h3-4,6-8,15,22H,1-2,5,9-12,19H2. The Morgan fingerprint density at radius 1 is 1.30 bits per heavy atom. The molecular weight excluding hydrogens is 290 g/mol. The molecule has 1 unspecified atom stereocenters. The third kappa shape index (κ3) is 3.45. The molecule has 122 valence electrons. The first kappa shape index (κ1) is 15.7. The summed E-state index contributed by atoms with van der Waals surface area (Å²) in [7, 11) is 0. The van der Waals surface area contributed by atoms with Crippen LogP contribution in [0, 0.1) is 0 Å². The minimum Gasteiger partial charge on any atom is -0.397 e. The molecule has 1 aliphatic heterocycles. The van der Waals surface area contributed by atoms with E-state index in [1.54, 1.807) is 0 Å². The van der Waals surface area contributed by atoms with Gasteiger partial charge >= 0.3 is 0 Å². The Bertz CT molecular complexity index is 700. The van der Waals surface area contributed by atoms with Gasteiger partial charge in [0, 0.05) is 24.6 Å². The largest absolute Gasteiger partial charge is 0.397 e. The van der Waals surface area contributed by atoms with E-state index in [4.69, 9.17) is 5.73 Å². The molecule has 1 fully saturated rings. The molecule has 0 bridgehead atoms. The number of anilines is 1. The maximum atomic E-state index is 12.6. The van der Waals surface area contributed by atoms with Gasteiger partial charge in [-0.2, -0.15) is 0 Å². The number of amides is 1. The first-order valence-corrected chi connectivity index (χ1v) is 8.23. The van der Waals surface area contributed by atoms with Gasteiger partial charge in [-0.25, -0.2) is 0 Å². The summed E-state index contributed by atoms with van der Waals surface area (Å²) in [6.07, 6.45) is 4.07. The molecule has 0 saturated carbocycles. The molecule has 3 rings (SSSR count). The molecule has 1 aromatic heterocycles. The normalized spacial score (nSPS) is 18.3. The van der Waals surface area contributed by atoms with Crippen LogP contribution in [0.2, 0.25) is 0 Å². The average Bonchev–Trinajstić information content (AvgIpc) is 2.56. The van der Waals surface area contributed by atoms with Crippen molar-refractivity contribution < 1.29 is 9.90 Å². The topological polar surface area (TPSA) is 79.5 Å². The molecule has 0 spiro atoms. The van der Waals surface area contributed by atoms with Crippen molar-refractivity contribution in [3.05, 3.63) is 36.0 Å². The van der Waals surface area contributed by atoms with Gasteiger partial charge in [0.05, 0.1) is 23.3 Å². The number of aliphatic hydroxyl groups excluding tert-OH is 1. The van der Waals surface area contributed by atoms with Crippen LogP contribution in [0.15, 0.2) is 30.3 Å². The number of benzene rings is 1. The van der Waals surface area contributed by atoms with Crippen molar-refractivity contribution in [3.63, 3.8) is 0 Å². The van der Waals surface area contributed by atoms with Crippen LogP contribution in [-0.2, 0) is 11.2 Å². The number of pyridine rings is 1. The first-order valence-electron chi connectivity index (χ1n) is 8.23. The Morgan fingerprint density at radius 3 is 3.00 bits per heavy atom. The second-order valence-electron chi connectivity index (χ2n) is 6.15. The van der Waals surface area contributed by atoms with Crippen LogP contribution in [0.4, 0.5) is 5.69 Å². The number of para-hydroxylation sites is 1. The predicted octanol–water partition coefficient (Wildman–Crippen LogP) is 2.12. The Balaban J connectivity index is 1.77. The smallest absolute Gasteiger partial charge is 0.228 e. The number of piperidine rings is 1. The van der Waals surface area contributed by atoms with Crippen molar-refractivity contribution >= 4 is 22.5 Å². The second-order valence-corrected chi connectivity index (χ2v) is 6.15. The number of aliphatic hydroxyl groups is 1. The van der Waals surface area contributed by atoms with E-state index >= 15 is 0 Å². The summed E-state index contributed by atoms with van der Waals surface area (Å²) in [6, 6.07) is 9.70. The third-order valence-corrected chi connectivity index (χ3v) is 4.55. The lowest BCUT2D eigenvalue weighted by Gasteiger charge is -2.35. The molecule has 2 heterocycles. The van der Waals surface area contributed by atoms with Crippen molar-refractivity contribution in [2.45, 2.75) is 38.1 Å². The summed E-state index contributed by atoms with van der Waals surface area (Å²) in [5, 5.41) is 10.2. The molecule has 1 aliphatic rings. The van der Waals surface area contributed by atoms with Crippen molar-refractivity contribution in [1.82, 2.24) is 9.88 Å². The second kappa shape index (κ2) is 6.96. The SMILES string of the molecule is Nc1cccc2ccc(CC(=O)N3CCCCC3CCO)nc12. The highest BCUT2D eigenvalue weighted by atomic mass is 16.3. The zero-order chi connectivity index (χ0) is 16.2. The number of nitrogens with two attached hydrogens (primary N) is 1. The molecule has 0 radical (unpaired) electrons. The van der Waals surface area contributed by atoms with Crippen LogP contribution in [0.25, 0.3) is 10.9 Å². The molecule has 5 heteroatoms. The highest BCUT2D eigenvalue weighted by Gasteiger charge is 2.26. The number of carbonyl (C=O) groups excluding carboxylic acids is 1.